The molecule has 0 aliphatic rings. The molecule has 2 heterocycles. The van der Waals surface area contributed by atoms with Gasteiger partial charge in [0.25, 0.3) is 10.0 Å². The van der Waals surface area contributed by atoms with Crippen LogP contribution >= 0.6 is 11.3 Å². The fourth-order valence-electron chi connectivity index (χ4n) is 2.56. The number of nitrogens with zero attached hydrogens (tertiary/aromatic N) is 2. The van der Waals surface area contributed by atoms with Crippen LogP contribution in [0.1, 0.15) is 11.4 Å². The third-order valence-electron chi connectivity index (χ3n) is 3.96. The normalized spacial score (nSPS) is 12.2. The summed E-state index contributed by atoms with van der Waals surface area (Å²) in [5, 5.41) is 2.56. The van der Waals surface area contributed by atoms with Crippen LogP contribution in [0.4, 0.5) is 18.9 Å². The van der Waals surface area contributed by atoms with E-state index in [9.17, 15) is 21.6 Å². The van der Waals surface area contributed by atoms with Crippen LogP contribution in [0.2, 0.25) is 0 Å². The summed E-state index contributed by atoms with van der Waals surface area (Å²) >= 11 is 1.41. The van der Waals surface area contributed by atoms with Crippen LogP contribution in [-0.2, 0) is 17.1 Å². The molecule has 150 valence electrons. The Labute approximate surface area is 163 Å². The van der Waals surface area contributed by atoms with Gasteiger partial charge in [-0.3, -0.25) is 4.72 Å². The highest BCUT2D eigenvalue weighted by molar-refractivity contribution is 7.92. The molecule has 0 fully saturated rings. The van der Waals surface area contributed by atoms with Gasteiger partial charge in [0.15, 0.2) is 0 Å². The van der Waals surface area contributed by atoms with E-state index in [4.69, 9.17) is 0 Å². The summed E-state index contributed by atoms with van der Waals surface area (Å²) in [5.74, 6) is -0.437. The summed E-state index contributed by atoms with van der Waals surface area (Å²) in [5.41, 5.74) is 2.12. The van der Waals surface area contributed by atoms with Crippen molar-refractivity contribution >= 4 is 27.0 Å². The van der Waals surface area contributed by atoms with Crippen molar-refractivity contribution in [2.75, 3.05) is 4.72 Å². The van der Waals surface area contributed by atoms with Gasteiger partial charge in [0, 0.05) is 29.5 Å². The first-order chi connectivity index (χ1) is 13.0. The molecule has 0 atom stereocenters. The Morgan fingerprint density at radius 2 is 1.82 bits per heavy atom. The van der Waals surface area contributed by atoms with Crippen molar-refractivity contribution in [1.29, 1.82) is 0 Å². The lowest BCUT2D eigenvalue weighted by molar-refractivity contribution is -0.274. The van der Waals surface area contributed by atoms with Crippen LogP contribution in [0.15, 0.2) is 40.6 Å². The lowest BCUT2D eigenvalue weighted by Crippen LogP contribution is -2.17. The van der Waals surface area contributed by atoms with Crippen molar-refractivity contribution in [2.45, 2.75) is 25.1 Å². The Morgan fingerprint density at radius 3 is 2.36 bits per heavy atom. The number of hydrogen-bond acceptors (Lipinski definition) is 5. The molecule has 0 aliphatic heterocycles. The molecule has 0 unspecified atom stereocenters. The molecule has 0 spiro atoms. The average Bonchev–Trinajstić information content (AvgIpc) is 3.12. The van der Waals surface area contributed by atoms with Crippen LogP contribution in [0.5, 0.6) is 5.75 Å². The maximum Gasteiger partial charge on any atom is 0.573 e. The molecular weight excluding hydrogens is 415 g/mol. The first-order valence-electron chi connectivity index (χ1n) is 7.94. The molecule has 1 N–H and O–H groups in total. The van der Waals surface area contributed by atoms with E-state index in [0.717, 1.165) is 17.8 Å². The van der Waals surface area contributed by atoms with Gasteiger partial charge in [-0.15, -0.1) is 24.5 Å². The Morgan fingerprint density at radius 1 is 1.18 bits per heavy atom. The van der Waals surface area contributed by atoms with E-state index in [-0.39, 0.29) is 10.6 Å². The number of anilines is 1. The third kappa shape index (κ3) is 4.30. The summed E-state index contributed by atoms with van der Waals surface area (Å²) in [7, 11) is -2.21. The maximum absolute atomic E-state index is 12.8. The Balaban J connectivity index is 1.87. The molecule has 0 bridgehead atoms. The zero-order chi connectivity index (χ0) is 20.7. The Bertz CT molecular complexity index is 1100. The first-order valence-corrected chi connectivity index (χ1v) is 10.3. The highest BCUT2D eigenvalue weighted by Crippen LogP contribution is 2.31. The second-order valence-electron chi connectivity index (χ2n) is 6.01. The number of nitrogens with one attached hydrogen (secondary N) is 1. The summed E-state index contributed by atoms with van der Waals surface area (Å²) < 4.78 is 70.1. The number of aryl methyl sites for hydroxylation is 1. The molecular formula is C17H16F3N3O3S2. The Kier molecular flexibility index (Phi) is 5.15. The highest BCUT2D eigenvalue weighted by atomic mass is 32.2. The predicted octanol–water partition coefficient (Wildman–Crippen LogP) is 4.46. The van der Waals surface area contributed by atoms with Crippen LogP contribution < -0.4 is 9.46 Å². The van der Waals surface area contributed by atoms with Gasteiger partial charge in [-0.1, -0.05) is 0 Å². The summed E-state index contributed by atoms with van der Waals surface area (Å²) in [6.07, 6.45) is -4.81. The number of sulfonamides is 1. The third-order valence-corrected chi connectivity index (χ3v) is 6.44. The fourth-order valence-corrected chi connectivity index (χ4v) is 4.75. The minimum Gasteiger partial charge on any atom is -0.406 e. The topological polar surface area (TPSA) is 73.2 Å². The van der Waals surface area contributed by atoms with E-state index in [1.165, 1.54) is 29.5 Å². The summed E-state index contributed by atoms with van der Waals surface area (Å²) in [6.45, 7) is 3.51. The molecule has 11 heteroatoms. The van der Waals surface area contributed by atoms with Gasteiger partial charge in [-0.05, 0) is 44.2 Å². The number of aromatic nitrogens is 2. The lowest BCUT2D eigenvalue weighted by atomic mass is 10.3. The van der Waals surface area contributed by atoms with Crippen molar-refractivity contribution in [3.63, 3.8) is 0 Å². The molecule has 3 aromatic rings. The zero-order valence-corrected chi connectivity index (χ0v) is 16.7. The number of benzene rings is 1. The van der Waals surface area contributed by atoms with E-state index in [1.807, 2.05) is 12.3 Å². The van der Waals surface area contributed by atoms with E-state index in [1.54, 1.807) is 18.5 Å². The molecule has 6 nitrogen and oxygen atoms in total. The second-order valence-corrected chi connectivity index (χ2v) is 8.52. The first kappa shape index (κ1) is 20.2. The molecule has 0 saturated carbocycles. The minimum atomic E-state index is -4.81. The highest BCUT2D eigenvalue weighted by Gasteiger charge is 2.31. The van der Waals surface area contributed by atoms with Crippen LogP contribution in [0.25, 0.3) is 10.7 Å². The molecule has 0 saturated heterocycles. The van der Waals surface area contributed by atoms with Crippen LogP contribution in [0, 0.1) is 13.8 Å². The molecule has 3 rings (SSSR count). The van der Waals surface area contributed by atoms with E-state index in [2.05, 4.69) is 14.4 Å². The number of rotatable bonds is 5. The number of halogens is 3. The van der Waals surface area contributed by atoms with Gasteiger partial charge in [0.05, 0.1) is 5.69 Å². The van der Waals surface area contributed by atoms with E-state index in [0.29, 0.717) is 16.4 Å². The van der Waals surface area contributed by atoms with Gasteiger partial charge < -0.3 is 9.30 Å². The molecule has 28 heavy (non-hydrogen) atoms. The smallest absolute Gasteiger partial charge is 0.406 e. The lowest BCUT2D eigenvalue weighted by Gasteiger charge is -2.11. The van der Waals surface area contributed by atoms with Crippen molar-refractivity contribution in [3.05, 3.63) is 47.1 Å². The molecule has 0 amide bonds. The number of thiazole rings is 1. The monoisotopic (exact) mass is 431 g/mol. The van der Waals surface area contributed by atoms with Crippen molar-refractivity contribution in [3.8, 4) is 16.5 Å². The number of hydrogen-bond donors (Lipinski definition) is 1. The molecule has 1 aromatic carbocycles. The summed E-state index contributed by atoms with van der Waals surface area (Å²) in [4.78, 5) is 4.44. The number of ether oxygens (including phenoxy) is 1. The zero-order valence-electron chi connectivity index (χ0n) is 15.0. The predicted molar refractivity (Wildman–Crippen MR) is 99.9 cm³/mol. The molecule has 2 aromatic heterocycles. The standard InChI is InChI=1S/C17H16F3N3O3S2/c1-10-9-27-16(21-10)14-8-15(11(2)23(14)3)28(24,25)22-12-4-6-13(7-5-12)26-17(18,19)20/h4-9,22H,1-3H3. The maximum atomic E-state index is 12.8. The second kappa shape index (κ2) is 7.13. The minimum absolute atomic E-state index is 0.0634. The van der Waals surface area contributed by atoms with Crippen molar-refractivity contribution in [2.24, 2.45) is 7.05 Å². The van der Waals surface area contributed by atoms with Gasteiger partial charge in [-0.25, -0.2) is 13.4 Å². The molecule has 0 aliphatic carbocycles. The molecule has 0 radical (unpaired) electrons. The number of alkyl halides is 3. The SMILES string of the molecule is Cc1csc(-c2cc(S(=O)(=O)Nc3ccc(OC(F)(F)F)cc3)c(C)n2C)n1. The van der Waals surface area contributed by atoms with Crippen LogP contribution in [0.3, 0.4) is 0 Å². The van der Waals surface area contributed by atoms with Crippen molar-refractivity contribution < 1.29 is 26.3 Å². The quantitative estimate of drug-likeness (QED) is 0.647. The van der Waals surface area contributed by atoms with Crippen LogP contribution in [-0.4, -0.2) is 24.3 Å². The van der Waals surface area contributed by atoms with Crippen molar-refractivity contribution in [1.82, 2.24) is 9.55 Å². The van der Waals surface area contributed by atoms with Gasteiger partial charge in [0.2, 0.25) is 0 Å². The van der Waals surface area contributed by atoms with Gasteiger partial charge in [0.1, 0.15) is 15.7 Å². The van der Waals surface area contributed by atoms with Gasteiger partial charge >= 0.3 is 6.36 Å². The largest absolute Gasteiger partial charge is 0.573 e. The van der Waals surface area contributed by atoms with Gasteiger partial charge in [-0.2, -0.15) is 0 Å². The van der Waals surface area contributed by atoms with E-state index >= 15 is 0 Å². The average molecular weight is 431 g/mol. The van der Waals surface area contributed by atoms with E-state index < -0.39 is 22.1 Å². The fraction of sp³-hybridized carbons (Fsp3) is 0.235. The summed E-state index contributed by atoms with van der Waals surface area (Å²) in [6, 6.07) is 5.99. The Hall–Kier alpha value is -2.53.